The van der Waals surface area contributed by atoms with Crippen LogP contribution in [0.3, 0.4) is 0 Å². The number of carbonyl (C=O) groups excluding carboxylic acids is 1. The molecule has 3 N–H and O–H groups in total. The molecule has 1 aliphatic rings. The number of rotatable bonds is 5. The Morgan fingerprint density at radius 2 is 2.07 bits per heavy atom. The molecule has 152 valence electrons. The third-order valence-corrected chi connectivity index (χ3v) is 5.48. The van der Waals surface area contributed by atoms with E-state index in [4.69, 9.17) is 0 Å². The first-order chi connectivity index (χ1) is 14.0. The van der Waals surface area contributed by atoms with Crippen LogP contribution in [-0.4, -0.2) is 42.9 Å². The van der Waals surface area contributed by atoms with Gasteiger partial charge in [-0.2, -0.15) is 5.10 Å². The molecule has 0 atom stereocenters. The van der Waals surface area contributed by atoms with Crippen molar-refractivity contribution < 1.29 is 9.90 Å². The number of benzene rings is 1. The largest absolute Gasteiger partial charge is 0.393 e. The number of amides is 1. The summed E-state index contributed by atoms with van der Waals surface area (Å²) in [5.41, 5.74) is 2.99. The molecule has 1 amide bonds. The van der Waals surface area contributed by atoms with Crippen molar-refractivity contribution in [1.29, 1.82) is 0 Å². The lowest BCUT2D eigenvalue weighted by molar-refractivity contribution is 0.0951. The van der Waals surface area contributed by atoms with Gasteiger partial charge in [-0.1, -0.05) is 12.1 Å². The highest BCUT2D eigenvalue weighted by Gasteiger charge is 2.20. The summed E-state index contributed by atoms with van der Waals surface area (Å²) >= 11 is 0. The number of aliphatic hydroxyl groups excluding tert-OH is 1. The highest BCUT2D eigenvalue weighted by molar-refractivity contribution is 6.05. The number of carbonyl (C=O) groups is 1. The summed E-state index contributed by atoms with van der Waals surface area (Å²) in [6.45, 7) is 2.33. The number of fused-ring (bicyclic) bond motifs is 1. The fraction of sp³-hybridized carbons (Fsp3) is 0.429. The molecule has 0 spiro atoms. The van der Waals surface area contributed by atoms with E-state index >= 15 is 0 Å². The molecule has 8 nitrogen and oxygen atoms in total. The lowest BCUT2D eigenvalue weighted by Gasteiger charge is -2.26. The van der Waals surface area contributed by atoms with Crippen molar-refractivity contribution in [1.82, 2.24) is 25.1 Å². The molecule has 4 rings (SSSR count). The summed E-state index contributed by atoms with van der Waals surface area (Å²) in [5, 5.41) is 21.1. The average Bonchev–Trinajstić information content (AvgIpc) is 3.05. The van der Waals surface area contributed by atoms with Crippen LogP contribution in [0.1, 0.15) is 47.4 Å². The van der Waals surface area contributed by atoms with E-state index in [9.17, 15) is 9.90 Å². The van der Waals surface area contributed by atoms with Crippen molar-refractivity contribution in [3.8, 4) is 0 Å². The Balaban J connectivity index is 1.51. The highest BCUT2D eigenvalue weighted by Crippen LogP contribution is 2.23. The van der Waals surface area contributed by atoms with Gasteiger partial charge in [0.05, 0.1) is 29.4 Å². The van der Waals surface area contributed by atoms with Crippen molar-refractivity contribution in [2.24, 2.45) is 7.05 Å². The average molecular weight is 394 g/mol. The zero-order valence-electron chi connectivity index (χ0n) is 16.7. The third kappa shape index (κ3) is 4.37. The molecule has 1 fully saturated rings. The number of para-hydroxylation sites is 1. The molecular weight excluding hydrogens is 368 g/mol. The topological polar surface area (TPSA) is 105 Å². The molecule has 0 radical (unpaired) electrons. The van der Waals surface area contributed by atoms with Gasteiger partial charge >= 0.3 is 0 Å². The van der Waals surface area contributed by atoms with Gasteiger partial charge in [0.2, 0.25) is 5.95 Å². The summed E-state index contributed by atoms with van der Waals surface area (Å²) in [6, 6.07) is 7.70. The summed E-state index contributed by atoms with van der Waals surface area (Å²) in [7, 11) is 1.88. The van der Waals surface area contributed by atoms with Crippen LogP contribution in [0.5, 0.6) is 0 Å². The molecule has 0 bridgehead atoms. The van der Waals surface area contributed by atoms with Crippen molar-refractivity contribution in [2.45, 2.75) is 51.3 Å². The van der Waals surface area contributed by atoms with Gasteiger partial charge in [0.25, 0.3) is 5.91 Å². The fourth-order valence-electron chi connectivity index (χ4n) is 3.70. The Hall–Kier alpha value is -3.00. The molecule has 1 aliphatic carbocycles. The van der Waals surface area contributed by atoms with E-state index in [2.05, 4.69) is 25.7 Å². The summed E-state index contributed by atoms with van der Waals surface area (Å²) in [5.74, 6) is 0.323. The second-order valence-corrected chi connectivity index (χ2v) is 7.67. The normalized spacial score (nSPS) is 19.3. The van der Waals surface area contributed by atoms with Crippen LogP contribution >= 0.6 is 0 Å². The number of hydrogen-bond acceptors (Lipinski definition) is 6. The van der Waals surface area contributed by atoms with E-state index in [1.807, 2.05) is 32.2 Å². The van der Waals surface area contributed by atoms with Crippen LogP contribution in [0.2, 0.25) is 0 Å². The van der Waals surface area contributed by atoms with Crippen molar-refractivity contribution in [3.63, 3.8) is 0 Å². The maximum absolute atomic E-state index is 12.8. The number of aliphatic hydroxyl groups is 1. The van der Waals surface area contributed by atoms with E-state index in [0.29, 0.717) is 23.6 Å². The molecule has 0 saturated heterocycles. The number of hydrogen-bond donors (Lipinski definition) is 3. The van der Waals surface area contributed by atoms with Crippen LogP contribution in [0, 0.1) is 6.92 Å². The molecule has 2 heterocycles. The number of aryl methyl sites for hydroxylation is 2. The third-order valence-electron chi connectivity index (χ3n) is 5.48. The molecule has 2 aromatic heterocycles. The minimum Gasteiger partial charge on any atom is -0.393 e. The Morgan fingerprint density at radius 1 is 1.28 bits per heavy atom. The Labute approximate surface area is 169 Å². The molecule has 0 aliphatic heterocycles. The first-order valence-corrected chi connectivity index (χ1v) is 9.97. The second-order valence-electron chi connectivity index (χ2n) is 7.67. The van der Waals surface area contributed by atoms with Crippen molar-refractivity contribution in [2.75, 3.05) is 5.32 Å². The van der Waals surface area contributed by atoms with Gasteiger partial charge in [-0.25, -0.2) is 9.97 Å². The van der Waals surface area contributed by atoms with Crippen LogP contribution in [0.15, 0.2) is 30.5 Å². The minimum atomic E-state index is -0.205. The van der Waals surface area contributed by atoms with Gasteiger partial charge < -0.3 is 15.7 Å². The zero-order chi connectivity index (χ0) is 20.4. The van der Waals surface area contributed by atoms with E-state index in [0.717, 1.165) is 42.5 Å². The second kappa shape index (κ2) is 8.16. The summed E-state index contributed by atoms with van der Waals surface area (Å²) in [6.07, 6.45) is 4.87. The standard InChI is InChI=1S/C21H26N6O2/c1-13-10-16(26-27(13)2)12-22-20(29)18-5-3-4-14-11-23-21(25-19(14)18)24-15-6-8-17(28)9-7-15/h3-5,10-11,15,17,28H,6-9,12H2,1-2H3,(H,22,29)(H,23,24,25)/t15-,17-. The maximum atomic E-state index is 12.8. The van der Waals surface area contributed by atoms with Crippen molar-refractivity contribution in [3.05, 3.63) is 47.4 Å². The first-order valence-electron chi connectivity index (χ1n) is 9.97. The Bertz CT molecular complexity index is 1000. The lowest BCUT2D eigenvalue weighted by atomic mass is 9.93. The smallest absolute Gasteiger partial charge is 0.253 e. The summed E-state index contributed by atoms with van der Waals surface area (Å²) < 4.78 is 1.79. The first kappa shape index (κ1) is 19.3. The van der Waals surface area contributed by atoms with Gasteiger partial charge in [-0.05, 0) is 44.7 Å². The van der Waals surface area contributed by atoms with Crippen LogP contribution in [-0.2, 0) is 13.6 Å². The van der Waals surface area contributed by atoms with Crippen LogP contribution < -0.4 is 10.6 Å². The number of anilines is 1. The molecule has 1 saturated carbocycles. The number of nitrogens with zero attached hydrogens (tertiary/aromatic N) is 4. The fourth-order valence-corrected chi connectivity index (χ4v) is 3.70. The quantitative estimate of drug-likeness (QED) is 0.613. The SMILES string of the molecule is Cc1cc(CNC(=O)c2cccc3cnc(N[C@H]4CC[C@H](O)CC4)nc23)nn1C. The molecule has 0 unspecified atom stereocenters. The van der Waals surface area contributed by atoms with Crippen LogP contribution in [0.25, 0.3) is 10.9 Å². The van der Waals surface area contributed by atoms with E-state index < -0.39 is 0 Å². The lowest BCUT2D eigenvalue weighted by Crippen LogP contribution is -2.29. The molecular formula is C21H26N6O2. The van der Waals surface area contributed by atoms with E-state index in [1.54, 1.807) is 16.9 Å². The molecule has 29 heavy (non-hydrogen) atoms. The van der Waals surface area contributed by atoms with E-state index in [-0.39, 0.29) is 18.1 Å². The van der Waals surface area contributed by atoms with Gasteiger partial charge in [0.15, 0.2) is 0 Å². The molecule has 3 aromatic rings. The summed E-state index contributed by atoms with van der Waals surface area (Å²) in [4.78, 5) is 21.8. The van der Waals surface area contributed by atoms with Crippen molar-refractivity contribution >= 4 is 22.8 Å². The Morgan fingerprint density at radius 3 is 2.79 bits per heavy atom. The van der Waals surface area contributed by atoms with Gasteiger partial charge in [0.1, 0.15) is 0 Å². The van der Waals surface area contributed by atoms with Gasteiger partial charge in [-0.15, -0.1) is 0 Å². The molecule has 1 aromatic carbocycles. The monoisotopic (exact) mass is 394 g/mol. The van der Waals surface area contributed by atoms with E-state index in [1.165, 1.54) is 0 Å². The van der Waals surface area contributed by atoms with Gasteiger partial charge in [0, 0.05) is 30.4 Å². The minimum absolute atomic E-state index is 0.190. The highest BCUT2D eigenvalue weighted by atomic mass is 16.3. The molecule has 8 heteroatoms. The zero-order valence-corrected chi connectivity index (χ0v) is 16.7. The predicted octanol–water partition coefficient (Wildman–Crippen LogP) is 2.32. The maximum Gasteiger partial charge on any atom is 0.253 e. The number of aromatic nitrogens is 4. The number of nitrogens with one attached hydrogen (secondary N) is 2. The van der Waals surface area contributed by atoms with Crippen LogP contribution in [0.4, 0.5) is 5.95 Å². The van der Waals surface area contributed by atoms with Gasteiger partial charge in [-0.3, -0.25) is 9.48 Å². The Kier molecular flexibility index (Phi) is 5.44. The predicted molar refractivity (Wildman–Crippen MR) is 111 cm³/mol.